The van der Waals surface area contributed by atoms with E-state index < -0.39 is 0 Å². The van der Waals surface area contributed by atoms with Crippen LogP contribution in [0.2, 0.25) is 0 Å². The lowest BCUT2D eigenvalue weighted by Crippen LogP contribution is -2.16. The summed E-state index contributed by atoms with van der Waals surface area (Å²) in [4.78, 5) is 0. The van der Waals surface area contributed by atoms with Crippen LogP contribution in [0.15, 0.2) is 18.2 Å². The number of hydrogen-bond acceptors (Lipinski definition) is 3. The zero-order chi connectivity index (χ0) is 13.4. The van der Waals surface area contributed by atoms with Crippen molar-refractivity contribution in [1.29, 1.82) is 0 Å². The Balaban J connectivity index is 2.45. The minimum Gasteiger partial charge on any atom is -0.497 e. The lowest BCUT2D eigenvalue weighted by Gasteiger charge is -2.17. The molecule has 0 radical (unpaired) electrons. The Hall–Kier alpha value is -1.38. The Kier molecular flexibility index (Phi) is 6.40. The topological polar surface area (TPSA) is 47.3 Å². The van der Waals surface area contributed by atoms with Gasteiger partial charge in [-0.25, -0.2) is 0 Å². The van der Waals surface area contributed by atoms with Crippen LogP contribution in [0.5, 0.6) is 5.75 Å². The van der Waals surface area contributed by atoms with E-state index in [0.717, 1.165) is 17.1 Å². The van der Waals surface area contributed by atoms with Crippen molar-refractivity contribution in [2.24, 2.45) is 0 Å². The molecule has 0 spiro atoms. The average Bonchev–Trinajstić information content (AvgIpc) is 2.37. The van der Waals surface area contributed by atoms with Crippen LogP contribution in [0.3, 0.4) is 0 Å². The first kappa shape index (κ1) is 14.7. The van der Waals surface area contributed by atoms with E-state index in [0.29, 0.717) is 6.04 Å². The molecule has 0 heterocycles. The third-order valence-corrected chi connectivity index (χ3v) is 3.15. The quantitative estimate of drug-likeness (QED) is 0.540. The summed E-state index contributed by atoms with van der Waals surface area (Å²) in [5.74, 6) is 0.838. The largest absolute Gasteiger partial charge is 0.497 e. The third-order valence-electron chi connectivity index (χ3n) is 3.15. The van der Waals surface area contributed by atoms with Crippen molar-refractivity contribution in [2.45, 2.75) is 52.0 Å². The molecule has 0 amide bonds. The van der Waals surface area contributed by atoms with Gasteiger partial charge in [0.05, 0.1) is 18.5 Å². The van der Waals surface area contributed by atoms with E-state index in [-0.39, 0.29) is 0 Å². The second-order valence-corrected chi connectivity index (χ2v) is 4.85. The Morgan fingerprint density at radius 1 is 1.28 bits per heavy atom. The van der Waals surface area contributed by atoms with Gasteiger partial charge < -0.3 is 15.8 Å². The summed E-state index contributed by atoms with van der Waals surface area (Å²) in [6.45, 7) is 4.43. The number of nitrogen functional groups attached to an aromatic ring is 1. The Labute approximate surface area is 111 Å². The van der Waals surface area contributed by atoms with E-state index in [4.69, 9.17) is 10.5 Å². The van der Waals surface area contributed by atoms with Crippen LogP contribution in [-0.2, 0) is 0 Å². The highest BCUT2D eigenvalue weighted by Crippen LogP contribution is 2.25. The first-order chi connectivity index (χ1) is 8.67. The molecule has 0 bridgehead atoms. The van der Waals surface area contributed by atoms with Crippen LogP contribution in [0, 0.1) is 0 Å². The fourth-order valence-electron chi connectivity index (χ4n) is 2.00. The Morgan fingerprint density at radius 3 is 2.72 bits per heavy atom. The van der Waals surface area contributed by atoms with Gasteiger partial charge in [0, 0.05) is 12.1 Å². The van der Waals surface area contributed by atoms with Crippen molar-refractivity contribution < 1.29 is 4.74 Å². The molecular weight excluding hydrogens is 224 g/mol. The van der Waals surface area contributed by atoms with Crippen molar-refractivity contribution in [2.75, 3.05) is 18.2 Å². The molecule has 18 heavy (non-hydrogen) atoms. The predicted octanol–water partition coefficient (Wildman–Crippen LogP) is 4.05. The number of unbranched alkanes of at least 4 members (excludes halogenated alkanes) is 3. The number of benzene rings is 1. The minimum atomic E-state index is 0.441. The van der Waals surface area contributed by atoms with Crippen LogP contribution >= 0.6 is 0 Å². The number of rotatable bonds is 8. The van der Waals surface area contributed by atoms with Crippen LogP contribution in [0.25, 0.3) is 0 Å². The van der Waals surface area contributed by atoms with Crippen molar-refractivity contribution >= 4 is 11.4 Å². The highest BCUT2D eigenvalue weighted by atomic mass is 16.5. The van der Waals surface area contributed by atoms with E-state index in [9.17, 15) is 0 Å². The molecule has 0 aliphatic heterocycles. The van der Waals surface area contributed by atoms with Gasteiger partial charge in [-0.1, -0.05) is 32.6 Å². The van der Waals surface area contributed by atoms with Crippen LogP contribution < -0.4 is 15.8 Å². The van der Waals surface area contributed by atoms with Gasteiger partial charge in [0.25, 0.3) is 0 Å². The van der Waals surface area contributed by atoms with Crippen molar-refractivity contribution in [3.05, 3.63) is 18.2 Å². The van der Waals surface area contributed by atoms with Gasteiger partial charge >= 0.3 is 0 Å². The number of nitrogens with one attached hydrogen (secondary N) is 1. The zero-order valence-electron chi connectivity index (χ0n) is 11.8. The standard InChI is InChI=1S/C15H26N2O/c1-4-5-6-7-8-12(2)17-15-11-13(18-3)9-10-14(15)16/h9-12,17H,4-8,16H2,1-3H3. The molecule has 1 rings (SSSR count). The van der Waals surface area contributed by atoms with E-state index >= 15 is 0 Å². The van der Waals surface area contributed by atoms with Crippen molar-refractivity contribution in [3.63, 3.8) is 0 Å². The molecule has 0 aliphatic rings. The summed E-state index contributed by atoms with van der Waals surface area (Å²) >= 11 is 0. The first-order valence-electron chi connectivity index (χ1n) is 6.87. The van der Waals surface area contributed by atoms with Crippen molar-refractivity contribution in [3.8, 4) is 5.75 Å². The maximum Gasteiger partial charge on any atom is 0.121 e. The second-order valence-electron chi connectivity index (χ2n) is 4.85. The number of hydrogen-bond donors (Lipinski definition) is 2. The molecule has 3 N–H and O–H groups in total. The SMILES string of the molecule is CCCCCCC(C)Nc1cc(OC)ccc1N. The molecule has 1 atom stereocenters. The van der Waals surface area contributed by atoms with Gasteiger partial charge in [0.15, 0.2) is 0 Å². The average molecular weight is 250 g/mol. The summed E-state index contributed by atoms with van der Waals surface area (Å²) in [5, 5.41) is 3.46. The molecule has 102 valence electrons. The fourth-order valence-corrected chi connectivity index (χ4v) is 2.00. The van der Waals surface area contributed by atoms with Crippen LogP contribution in [-0.4, -0.2) is 13.2 Å². The molecule has 0 saturated heterocycles. The maximum atomic E-state index is 5.95. The third kappa shape index (κ3) is 4.86. The molecule has 3 nitrogen and oxygen atoms in total. The van der Waals surface area contributed by atoms with Gasteiger partial charge in [-0.3, -0.25) is 0 Å². The lowest BCUT2D eigenvalue weighted by molar-refractivity contribution is 0.415. The summed E-state index contributed by atoms with van der Waals surface area (Å²) < 4.78 is 5.21. The summed E-state index contributed by atoms with van der Waals surface area (Å²) in [6.07, 6.45) is 6.37. The maximum absolute atomic E-state index is 5.95. The predicted molar refractivity (Wildman–Crippen MR) is 79.3 cm³/mol. The first-order valence-corrected chi connectivity index (χ1v) is 6.87. The second kappa shape index (κ2) is 7.85. The van der Waals surface area contributed by atoms with Crippen molar-refractivity contribution in [1.82, 2.24) is 0 Å². The molecule has 0 aliphatic carbocycles. The molecule has 1 unspecified atom stereocenters. The monoisotopic (exact) mass is 250 g/mol. The minimum absolute atomic E-state index is 0.441. The lowest BCUT2D eigenvalue weighted by atomic mass is 10.1. The number of methoxy groups -OCH3 is 1. The van der Waals surface area contributed by atoms with Gasteiger partial charge in [0.1, 0.15) is 5.75 Å². The number of nitrogens with two attached hydrogens (primary N) is 1. The van der Waals surface area contributed by atoms with E-state index in [1.807, 2.05) is 18.2 Å². The number of anilines is 2. The van der Waals surface area contributed by atoms with E-state index in [2.05, 4.69) is 19.2 Å². The van der Waals surface area contributed by atoms with Crippen LogP contribution in [0.4, 0.5) is 11.4 Å². The summed E-state index contributed by atoms with van der Waals surface area (Å²) in [7, 11) is 1.67. The van der Waals surface area contributed by atoms with Gasteiger partial charge in [0.2, 0.25) is 0 Å². The Morgan fingerprint density at radius 2 is 2.06 bits per heavy atom. The molecule has 1 aromatic carbocycles. The highest BCUT2D eigenvalue weighted by molar-refractivity contribution is 5.68. The number of ether oxygens (including phenoxy) is 1. The zero-order valence-corrected chi connectivity index (χ0v) is 11.8. The van der Waals surface area contributed by atoms with E-state index in [1.54, 1.807) is 7.11 Å². The molecule has 3 heteroatoms. The van der Waals surface area contributed by atoms with Gasteiger partial charge in [-0.05, 0) is 25.5 Å². The van der Waals surface area contributed by atoms with Gasteiger partial charge in [-0.15, -0.1) is 0 Å². The molecule has 0 aromatic heterocycles. The molecule has 0 fully saturated rings. The molecule has 0 saturated carbocycles. The summed E-state index contributed by atoms with van der Waals surface area (Å²) in [6, 6.07) is 6.16. The molecule has 1 aromatic rings. The fraction of sp³-hybridized carbons (Fsp3) is 0.600. The smallest absolute Gasteiger partial charge is 0.121 e. The molecular formula is C15H26N2O. The normalized spacial score (nSPS) is 12.2. The summed E-state index contributed by atoms with van der Waals surface area (Å²) in [5.41, 5.74) is 7.69. The Bertz CT molecular complexity index is 352. The highest BCUT2D eigenvalue weighted by Gasteiger charge is 2.06. The van der Waals surface area contributed by atoms with Gasteiger partial charge in [-0.2, -0.15) is 0 Å². The van der Waals surface area contributed by atoms with E-state index in [1.165, 1.54) is 32.1 Å². The van der Waals surface area contributed by atoms with Crippen LogP contribution in [0.1, 0.15) is 46.0 Å².